The van der Waals surface area contributed by atoms with Crippen molar-refractivity contribution in [1.82, 2.24) is 9.97 Å². The molecule has 0 saturated heterocycles. The number of ether oxygens (including phenoxy) is 1. The molecule has 10 heteroatoms. The van der Waals surface area contributed by atoms with E-state index in [4.69, 9.17) is 15.6 Å². The van der Waals surface area contributed by atoms with E-state index in [1.165, 1.54) is 31.9 Å². The molecule has 3 saturated carbocycles. The molecule has 3 aromatic carbocycles. The van der Waals surface area contributed by atoms with E-state index in [2.05, 4.69) is 9.97 Å². The molecule has 1 unspecified atom stereocenters. The van der Waals surface area contributed by atoms with Crippen molar-refractivity contribution < 1.29 is 27.8 Å². The molecule has 7 nitrogen and oxygen atoms in total. The van der Waals surface area contributed by atoms with Crippen LogP contribution in [0.2, 0.25) is 0 Å². The molecule has 2 aromatic heterocycles. The maximum Gasteiger partial charge on any atom is 0.306 e. The molecule has 1 atom stereocenters. The highest BCUT2D eigenvalue weighted by Gasteiger charge is 2.39. The van der Waals surface area contributed by atoms with E-state index in [1.54, 1.807) is 36.4 Å². The molecule has 0 radical (unpaired) electrons. The highest BCUT2D eigenvalue weighted by molar-refractivity contribution is 5.98. The number of nitriles is 1. The minimum atomic E-state index is -0.866. The van der Waals surface area contributed by atoms with Gasteiger partial charge < -0.3 is 20.6 Å². The quantitative estimate of drug-likeness (QED) is 0.183. The highest BCUT2D eigenvalue weighted by Crippen LogP contribution is 2.45. The Balaban J connectivity index is 0.000000272. The fourth-order valence-corrected chi connectivity index (χ4v) is 6.50. The molecule has 3 aliphatic rings. The van der Waals surface area contributed by atoms with Gasteiger partial charge in [0.1, 0.15) is 29.2 Å². The monoisotopic (exact) mass is 610 g/mol. The lowest BCUT2D eigenvalue weighted by Gasteiger charge is -2.40. The minimum Gasteiger partial charge on any atom is -0.481 e. The van der Waals surface area contributed by atoms with Crippen molar-refractivity contribution in [3.8, 4) is 40.0 Å². The normalized spacial score (nSPS) is 18.6. The van der Waals surface area contributed by atoms with Gasteiger partial charge in [-0.1, -0.05) is 43.2 Å². The number of anilines is 1. The SMILES string of the molecule is N#Cc1c(-c2c[nH]c3c(F)cc(F)cc23)nc(N)c(F)c1-c1ccc(Oc2ccccc2)cc1.O=C(O)C1CC2CCC1CC2. The molecular formula is C35H29F3N4O3. The third kappa shape index (κ3) is 5.94. The fraction of sp³-hybridized carbons (Fsp3) is 0.229. The topological polar surface area (TPSA) is 125 Å². The van der Waals surface area contributed by atoms with Crippen molar-refractivity contribution in [2.24, 2.45) is 17.8 Å². The smallest absolute Gasteiger partial charge is 0.306 e. The third-order valence-electron chi connectivity index (χ3n) is 8.72. The molecule has 45 heavy (non-hydrogen) atoms. The zero-order valence-corrected chi connectivity index (χ0v) is 24.1. The van der Waals surface area contributed by atoms with Crippen molar-refractivity contribution in [2.75, 3.05) is 5.73 Å². The predicted octanol–water partition coefficient (Wildman–Crippen LogP) is 8.46. The summed E-state index contributed by atoms with van der Waals surface area (Å²) in [6, 6.07) is 19.4. The first-order chi connectivity index (χ1) is 21.7. The van der Waals surface area contributed by atoms with E-state index in [1.807, 2.05) is 24.3 Å². The van der Waals surface area contributed by atoms with E-state index >= 15 is 4.39 Å². The summed E-state index contributed by atoms with van der Waals surface area (Å²) in [7, 11) is 0. The van der Waals surface area contributed by atoms with Crippen molar-refractivity contribution >= 4 is 22.7 Å². The van der Waals surface area contributed by atoms with Crippen LogP contribution >= 0.6 is 0 Å². The van der Waals surface area contributed by atoms with Crippen LogP contribution in [0.1, 0.15) is 37.7 Å². The van der Waals surface area contributed by atoms with Gasteiger partial charge >= 0.3 is 5.97 Å². The second-order valence-corrected chi connectivity index (χ2v) is 11.4. The Morgan fingerprint density at radius 1 is 1.00 bits per heavy atom. The van der Waals surface area contributed by atoms with Crippen LogP contribution in [0.25, 0.3) is 33.3 Å². The van der Waals surface area contributed by atoms with Crippen molar-refractivity contribution in [1.29, 1.82) is 5.26 Å². The van der Waals surface area contributed by atoms with Crippen LogP contribution in [0.5, 0.6) is 11.5 Å². The lowest BCUT2D eigenvalue weighted by atomic mass is 9.65. The number of nitrogens with two attached hydrogens (primary N) is 1. The van der Waals surface area contributed by atoms with Crippen molar-refractivity contribution in [3.63, 3.8) is 0 Å². The first-order valence-corrected chi connectivity index (χ1v) is 14.6. The number of H-pyrrole nitrogens is 1. The van der Waals surface area contributed by atoms with Gasteiger partial charge in [-0.2, -0.15) is 5.26 Å². The zero-order valence-electron chi connectivity index (χ0n) is 24.1. The average molecular weight is 611 g/mol. The number of carboxylic acids is 1. The number of hydrogen-bond acceptors (Lipinski definition) is 5. The number of halogens is 3. The molecule has 5 aromatic rings. The second-order valence-electron chi connectivity index (χ2n) is 11.4. The molecule has 4 N–H and O–H groups in total. The van der Waals surface area contributed by atoms with Gasteiger partial charge in [-0.3, -0.25) is 4.79 Å². The summed E-state index contributed by atoms with van der Waals surface area (Å²) < 4.78 is 49.0. The Kier molecular flexibility index (Phi) is 8.18. The zero-order chi connectivity index (χ0) is 31.7. The number of fused-ring (bicyclic) bond motifs is 4. The minimum absolute atomic E-state index is 0.00231. The summed E-state index contributed by atoms with van der Waals surface area (Å²) in [6.45, 7) is 0. The molecule has 0 amide bonds. The van der Waals surface area contributed by atoms with Gasteiger partial charge in [0, 0.05) is 28.8 Å². The van der Waals surface area contributed by atoms with Gasteiger partial charge in [-0.05, 0) is 67.0 Å². The Bertz CT molecular complexity index is 1910. The number of aromatic nitrogens is 2. The van der Waals surface area contributed by atoms with E-state index < -0.39 is 29.2 Å². The summed E-state index contributed by atoms with van der Waals surface area (Å²) in [5, 5.41) is 18.9. The standard InChI is InChI=1S/C26H15F3N4O.C9H14O2/c27-15-10-18-20(13-32-25(18)21(28)11-15)24-19(12-30)22(23(29)26(31)33-24)14-6-8-17(9-7-14)34-16-4-2-1-3-5-16;10-9(11)8-5-6-1-3-7(8)4-2-6/h1-11,13,32H,(H2,31,33);6-8H,1-5H2,(H,10,11). The Hall–Kier alpha value is -5.30. The molecule has 2 heterocycles. The molecular weight excluding hydrogens is 581 g/mol. The van der Waals surface area contributed by atoms with Gasteiger partial charge in [-0.15, -0.1) is 0 Å². The molecule has 0 aliphatic heterocycles. The summed E-state index contributed by atoms with van der Waals surface area (Å²) in [5.74, 6) is -1.07. The first kappa shape index (κ1) is 29.8. The number of nitrogen functional groups attached to an aromatic ring is 1. The van der Waals surface area contributed by atoms with Gasteiger partial charge in [0.25, 0.3) is 0 Å². The number of nitrogens with one attached hydrogen (secondary N) is 1. The van der Waals surface area contributed by atoms with Crippen molar-refractivity contribution in [2.45, 2.75) is 32.1 Å². The van der Waals surface area contributed by atoms with Crippen molar-refractivity contribution in [3.05, 3.63) is 95.9 Å². The van der Waals surface area contributed by atoms with Crippen LogP contribution in [0.15, 0.2) is 72.9 Å². The number of nitrogens with zero attached hydrogens (tertiary/aromatic N) is 2. The molecule has 228 valence electrons. The van der Waals surface area contributed by atoms with Crippen LogP contribution in [0.4, 0.5) is 19.0 Å². The molecule has 3 aliphatic carbocycles. The highest BCUT2D eigenvalue weighted by atomic mass is 19.1. The lowest BCUT2D eigenvalue weighted by molar-refractivity contribution is -0.147. The molecule has 8 rings (SSSR count). The van der Waals surface area contributed by atoms with Gasteiger partial charge in [0.2, 0.25) is 0 Å². The second kappa shape index (κ2) is 12.4. The van der Waals surface area contributed by atoms with E-state index in [9.17, 15) is 18.8 Å². The summed E-state index contributed by atoms with van der Waals surface area (Å²) in [4.78, 5) is 17.5. The number of pyridine rings is 1. The van der Waals surface area contributed by atoms with Crippen LogP contribution in [0, 0.1) is 46.5 Å². The first-order valence-electron chi connectivity index (χ1n) is 14.6. The number of aromatic amines is 1. The van der Waals surface area contributed by atoms with Crippen LogP contribution in [-0.4, -0.2) is 21.0 Å². The molecule has 3 fully saturated rings. The van der Waals surface area contributed by atoms with Gasteiger partial charge in [0.05, 0.1) is 22.7 Å². The van der Waals surface area contributed by atoms with Crippen LogP contribution in [-0.2, 0) is 4.79 Å². The van der Waals surface area contributed by atoms with Crippen LogP contribution in [0.3, 0.4) is 0 Å². The number of carboxylic acid groups (broad SMARTS) is 1. The Labute approximate surface area is 257 Å². The number of benzene rings is 3. The van der Waals surface area contributed by atoms with E-state index in [-0.39, 0.29) is 39.2 Å². The Morgan fingerprint density at radius 2 is 1.69 bits per heavy atom. The summed E-state index contributed by atoms with van der Waals surface area (Å²) >= 11 is 0. The average Bonchev–Trinajstić information content (AvgIpc) is 3.48. The third-order valence-corrected chi connectivity index (χ3v) is 8.72. The fourth-order valence-electron chi connectivity index (χ4n) is 6.50. The van der Waals surface area contributed by atoms with E-state index in [0.717, 1.165) is 24.5 Å². The largest absolute Gasteiger partial charge is 0.481 e. The maximum atomic E-state index is 15.1. The number of carbonyl (C=O) groups is 1. The number of rotatable bonds is 5. The number of para-hydroxylation sites is 1. The molecule has 2 bridgehead atoms. The predicted molar refractivity (Wildman–Crippen MR) is 164 cm³/mol. The number of hydrogen-bond donors (Lipinski definition) is 3. The van der Waals surface area contributed by atoms with Crippen LogP contribution < -0.4 is 10.5 Å². The van der Waals surface area contributed by atoms with E-state index in [0.29, 0.717) is 23.0 Å². The summed E-state index contributed by atoms with van der Waals surface area (Å²) in [5.41, 5.74) is 6.30. The number of aliphatic carboxylic acids is 1. The lowest BCUT2D eigenvalue weighted by Crippen LogP contribution is -2.35. The Morgan fingerprint density at radius 3 is 2.29 bits per heavy atom. The van der Waals surface area contributed by atoms with Gasteiger partial charge in [0.15, 0.2) is 11.6 Å². The van der Waals surface area contributed by atoms with Gasteiger partial charge in [-0.25, -0.2) is 18.2 Å². The summed E-state index contributed by atoms with van der Waals surface area (Å²) in [6.07, 6.45) is 7.25. The maximum absolute atomic E-state index is 15.1. The molecule has 0 spiro atoms.